The summed E-state index contributed by atoms with van der Waals surface area (Å²) in [4.78, 5) is 14.9. The molecule has 0 saturated carbocycles. The van der Waals surface area contributed by atoms with Crippen molar-refractivity contribution in [3.8, 4) is 5.75 Å². The van der Waals surface area contributed by atoms with Gasteiger partial charge >= 0.3 is 10.2 Å². The first-order valence-corrected chi connectivity index (χ1v) is 13.2. The number of amides is 1. The lowest BCUT2D eigenvalue weighted by molar-refractivity contribution is 0.0340. The predicted octanol–water partition coefficient (Wildman–Crippen LogP) is 2.60. The summed E-state index contributed by atoms with van der Waals surface area (Å²) >= 11 is 0. The van der Waals surface area contributed by atoms with Crippen molar-refractivity contribution in [3.05, 3.63) is 59.2 Å². The molecule has 35 heavy (non-hydrogen) atoms. The zero-order valence-electron chi connectivity index (χ0n) is 20.4. The third-order valence-corrected chi connectivity index (χ3v) is 7.86. The van der Waals surface area contributed by atoms with Crippen LogP contribution in [-0.4, -0.2) is 82.2 Å². The maximum atomic E-state index is 13.2. The van der Waals surface area contributed by atoms with Crippen molar-refractivity contribution in [1.29, 1.82) is 0 Å². The van der Waals surface area contributed by atoms with E-state index in [0.29, 0.717) is 62.8 Å². The monoisotopic (exact) mass is 503 g/mol. The number of anilines is 1. The summed E-state index contributed by atoms with van der Waals surface area (Å²) in [6.45, 7) is 6.33. The molecule has 2 unspecified atom stereocenters. The first kappa shape index (κ1) is 25.4. The molecule has 1 N–H and O–H groups in total. The highest BCUT2D eigenvalue weighted by atomic mass is 32.2. The standard InChI is InChI=1S/C25H33N3O6S/c1-18-8-9-19(2)22(14-18)25(29)27-16-23(32-3)24(17-27)34-21-7-4-6-20(15-21)26-35(30,31)28-10-5-12-33-13-11-28/h4,6-9,14-15,23-24,26H,5,10-13,16-17H2,1-3H3. The number of nitrogens with one attached hydrogen (secondary N) is 1. The second-order valence-electron chi connectivity index (χ2n) is 8.96. The molecule has 2 heterocycles. The average molecular weight is 504 g/mol. The van der Waals surface area contributed by atoms with Gasteiger partial charge in [0.05, 0.1) is 25.4 Å². The summed E-state index contributed by atoms with van der Waals surface area (Å²) in [5.74, 6) is 0.444. The normalized spacial score (nSPS) is 21.5. The number of carbonyl (C=O) groups is 1. The highest BCUT2D eigenvalue weighted by Gasteiger charge is 2.38. The lowest BCUT2D eigenvalue weighted by Gasteiger charge is -2.21. The van der Waals surface area contributed by atoms with Gasteiger partial charge < -0.3 is 19.1 Å². The zero-order chi connectivity index (χ0) is 25.0. The van der Waals surface area contributed by atoms with Gasteiger partial charge in [0, 0.05) is 38.4 Å². The van der Waals surface area contributed by atoms with Crippen LogP contribution in [0, 0.1) is 13.8 Å². The highest BCUT2D eigenvalue weighted by Crippen LogP contribution is 2.26. The van der Waals surface area contributed by atoms with Gasteiger partial charge in [-0.15, -0.1) is 0 Å². The van der Waals surface area contributed by atoms with Crippen LogP contribution in [0.2, 0.25) is 0 Å². The molecular formula is C25H33N3O6S. The first-order valence-electron chi connectivity index (χ1n) is 11.8. The van der Waals surface area contributed by atoms with Crippen molar-refractivity contribution in [2.24, 2.45) is 0 Å². The second-order valence-corrected chi connectivity index (χ2v) is 10.6. The average Bonchev–Trinajstić information content (AvgIpc) is 3.03. The molecule has 1 amide bonds. The van der Waals surface area contributed by atoms with Gasteiger partial charge in [-0.2, -0.15) is 12.7 Å². The minimum Gasteiger partial charge on any atom is -0.486 e. The molecule has 2 saturated heterocycles. The molecule has 0 radical (unpaired) electrons. The van der Waals surface area contributed by atoms with E-state index in [-0.39, 0.29) is 18.1 Å². The number of benzene rings is 2. The molecule has 9 nitrogen and oxygen atoms in total. The Morgan fingerprint density at radius 1 is 1.06 bits per heavy atom. The fraction of sp³-hybridized carbons (Fsp3) is 0.480. The smallest absolute Gasteiger partial charge is 0.301 e. The first-order chi connectivity index (χ1) is 16.8. The molecule has 4 rings (SSSR count). The van der Waals surface area contributed by atoms with Crippen LogP contribution in [0.25, 0.3) is 0 Å². The van der Waals surface area contributed by atoms with E-state index in [1.54, 1.807) is 36.3 Å². The van der Waals surface area contributed by atoms with Crippen molar-refractivity contribution in [2.45, 2.75) is 32.5 Å². The van der Waals surface area contributed by atoms with Crippen molar-refractivity contribution < 1.29 is 27.4 Å². The van der Waals surface area contributed by atoms with Crippen LogP contribution in [0.5, 0.6) is 5.75 Å². The Labute approximate surface area is 207 Å². The van der Waals surface area contributed by atoms with Crippen molar-refractivity contribution in [1.82, 2.24) is 9.21 Å². The molecule has 0 spiro atoms. The molecule has 2 aliphatic heterocycles. The van der Waals surface area contributed by atoms with Crippen LogP contribution in [0.15, 0.2) is 42.5 Å². The van der Waals surface area contributed by atoms with E-state index < -0.39 is 10.2 Å². The molecule has 2 aromatic rings. The summed E-state index contributed by atoms with van der Waals surface area (Å²) < 4.78 is 46.8. The fourth-order valence-corrected chi connectivity index (χ4v) is 5.61. The number of likely N-dealkylation sites (tertiary alicyclic amines) is 1. The molecule has 10 heteroatoms. The molecule has 2 atom stereocenters. The molecule has 2 fully saturated rings. The third kappa shape index (κ3) is 6.13. The number of methoxy groups -OCH3 is 1. The van der Waals surface area contributed by atoms with E-state index in [2.05, 4.69) is 4.72 Å². The summed E-state index contributed by atoms with van der Waals surface area (Å²) in [6.07, 6.45) is -0.0354. The Kier molecular flexibility index (Phi) is 7.95. The molecule has 190 valence electrons. The van der Waals surface area contributed by atoms with E-state index >= 15 is 0 Å². The van der Waals surface area contributed by atoms with Gasteiger partial charge in [0.25, 0.3) is 5.91 Å². The van der Waals surface area contributed by atoms with Gasteiger partial charge in [-0.1, -0.05) is 23.8 Å². The fourth-order valence-electron chi connectivity index (χ4n) is 4.37. The Bertz CT molecular complexity index is 1150. The van der Waals surface area contributed by atoms with Gasteiger partial charge in [-0.3, -0.25) is 9.52 Å². The Morgan fingerprint density at radius 2 is 1.86 bits per heavy atom. The third-order valence-electron chi connectivity index (χ3n) is 6.32. The number of nitrogens with zero attached hydrogens (tertiary/aromatic N) is 2. The highest BCUT2D eigenvalue weighted by molar-refractivity contribution is 7.90. The van der Waals surface area contributed by atoms with E-state index in [1.807, 2.05) is 32.0 Å². The number of ether oxygens (including phenoxy) is 3. The summed E-state index contributed by atoms with van der Waals surface area (Å²) in [7, 11) is -2.11. The summed E-state index contributed by atoms with van der Waals surface area (Å²) in [6, 6.07) is 12.7. The SMILES string of the molecule is COC1CN(C(=O)c2cc(C)ccc2C)CC1Oc1cccc(NS(=O)(=O)N2CCCOCC2)c1. The minimum absolute atomic E-state index is 0.0534. The summed E-state index contributed by atoms with van der Waals surface area (Å²) in [5.41, 5.74) is 3.04. The van der Waals surface area contributed by atoms with E-state index in [9.17, 15) is 13.2 Å². The van der Waals surface area contributed by atoms with Crippen LogP contribution < -0.4 is 9.46 Å². The predicted molar refractivity (Wildman–Crippen MR) is 133 cm³/mol. The van der Waals surface area contributed by atoms with Gasteiger partial charge in [0.1, 0.15) is 18.0 Å². The zero-order valence-corrected chi connectivity index (χ0v) is 21.2. The number of hydrogen-bond acceptors (Lipinski definition) is 6. The number of hydrogen-bond donors (Lipinski definition) is 1. The quantitative estimate of drug-likeness (QED) is 0.624. The molecular weight excluding hydrogens is 470 g/mol. The molecule has 0 bridgehead atoms. The largest absolute Gasteiger partial charge is 0.486 e. The van der Waals surface area contributed by atoms with Crippen LogP contribution >= 0.6 is 0 Å². The van der Waals surface area contributed by atoms with Crippen LogP contribution in [-0.2, 0) is 19.7 Å². The van der Waals surface area contributed by atoms with E-state index in [4.69, 9.17) is 14.2 Å². The molecule has 2 aromatic carbocycles. The summed E-state index contributed by atoms with van der Waals surface area (Å²) in [5, 5.41) is 0. The van der Waals surface area contributed by atoms with Crippen LogP contribution in [0.1, 0.15) is 27.9 Å². The van der Waals surface area contributed by atoms with Crippen molar-refractivity contribution in [2.75, 3.05) is 51.2 Å². The minimum atomic E-state index is -3.71. The van der Waals surface area contributed by atoms with Gasteiger partial charge in [-0.05, 0) is 44.0 Å². The number of aryl methyl sites for hydroxylation is 2. The second kappa shape index (κ2) is 10.9. The van der Waals surface area contributed by atoms with Crippen molar-refractivity contribution >= 4 is 21.8 Å². The molecule has 0 aliphatic carbocycles. The maximum absolute atomic E-state index is 13.2. The lowest BCUT2D eigenvalue weighted by Crippen LogP contribution is -2.37. The van der Waals surface area contributed by atoms with Gasteiger partial charge in [-0.25, -0.2) is 0 Å². The topological polar surface area (TPSA) is 97.4 Å². The van der Waals surface area contributed by atoms with E-state index in [1.165, 1.54) is 4.31 Å². The Morgan fingerprint density at radius 3 is 2.66 bits per heavy atom. The van der Waals surface area contributed by atoms with Crippen LogP contribution in [0.3, 0.4) is 0 Å². The molecule has 2 aliphatic rings. The van der Waals surface area contributed by atoms with Crippen molar-refractivity contribution in [3.63, 3.8) is 0 Å². The number of carbonyl (C=O) groups excluding carboxylic acids is 1. The van der Waals surface area contributed by atoms with E-state index in [0.717, 1.165) is 11.1 Å². The maximum Gasteiger partial charge on any atom is 0.301 e. The lowest BCUT2D eigenvalue weighted by atomic mass is 10.0. The van der Waals surface area contributed by atoms with Gasteiger partial charge in [0.2, 0.25) is 0 Å². The van der Waals surface area contributed by atoms with Crippen LogP contribution in [0.4, 0.5) is 5.69 Å². The Balaban J connectivity index is 1.44. The number of rotatable bonds is 7. The Hall–Kier alpha value is -2.66. The molecule has 0 aromatic heterocycles. The van der Waals surface area contributed by atoms with Gasteiger partial charge in [0.15, 0.2) is 0 Å².